The van der Waals surface area contributed by atoms with Crippen LogP contribution in [0.2, 0.25) is 0 Å². The minimum Gasteiger partial charge on any atom is -0.372 e. The summed E-state index contributed by atoms with van der Waals surface area (Å²) in [6.07, 6.45) is 0. The number of rotatable bonds is 2. The number of nitrogens with zero attached hydrogens (tertiary/aromatic N) is 1. The molecule has 1 aromatic rings. The fourth-order valence-corrected chi connectivity index (χ4v) is 0.961. The SMILES string of the molecule is CC(C)C.CC(C)N(C)c1ccccc1.[B][B][B]. The van der Waals surface area contributed by atoms with Gasteiger partial charge in [-0.15, -0.1) is 0 Å². The molecule has 0 aliphatic carbocycles. The number of para-hydroxylation sites is 1. The van der Waals surface area contributed by atoms with Crippen molar-refractivity contribution in [3.63, 3.8) is 0 Å². The lowest BCUT2D eigenvalue weighted by atomic mass is 9.40. The second-order valence-electron chi connectivity index (χ2n) is 4.96. The van der Waals surface area contributed by atoms with Crippen LogP contribution in [-0.4, -0.2) is 35.6 Å². The molecule has 0 bridgehead atoms. The molecule has 1 rings (SSSR count). The molecule has 0 saturated heterocycles. The highest BCUT2D eigenvalue weighted by molar-refractivity contribution is 7.17. The maximum atomic E-state index is 4.50. The fourth-order valence-electron chi connectivity index (χ4n) is 0.961. The first-order valence-electron chi connectivity index (χ1n) is 6.39. The summed E-state index contributed by atoms with van der Waals surface area (Å²) >= 11 is 0. The van der Waals surface area contributed by atoms with E-state index in [9.17, 15) is 0 Å². The normalized spacial score (nSPS) is 8.89. The first kappa shape index (κ1) is 19.6. The van der Waals surface area contributed by atoms with Crippen LogP contribution in [0, 0.1) is 5.92 Å². The van der Waals surface area contributed by atoms with E-state index in [-0.39, 0.29) is 0 Å². The molecule has 0 aromatic heterocycles. The monoisotopic (exact) mass is 240 g/mol. The van der Waals surface area contributed by atoms with Crippen LogP contribution in [0.4, 0.5) is 5.69 Å². The molecule has 0 saturated carbocycles. The number of hydrogen-bond acceptors (Lipinski definition) is 1. The third-order valence-corrected chi connectivity index (χ3v) is 1.94. The molecule has 1 nitrogen and oxygen atoms in total. The van der Waals surface area contributed by atoms with Gasteiger partial charge in [0.15, 0.2) is 0 Å². The minimum atomic E-state index is 0.567. The summed E-state index contributed by atoms with van der Waals surface area (Å²) in [5.41, 5.74) is 1.28. The molecule has 0 aliphatic rings. The quantitative estimate of drug-likeness (QED) is 0.718. The first-order chi connectivity index (χ1) is 8.36. The zero-order valence-electron chi connectivity index (χ0n) is 12.7. The zero-order chi connectivity index (χ0) is 14.6. The Labute approximate surface area is 117 Å². The number of anilines is 1. The van der Waals surface area contributed by atoms with E-state index in [1.165, 1.54) is 5.69 Å². The molecule has 95 valence electrons. The van der Waals surface area contributed by atoms with E-state index >= 15 is 0 Å². The molecule has 0 atom stereocenters. The van der Waals surface area contributed by atoms with Crippen LogP contribution in [0.1, 0.15) is 34.6 Å². The van der Waals surface area contributed by atoms with Crippen LogP contribution < -0.4 is 4.90 Å². The highest BCUT2D eigenvalue weighted by atomic mass is 15.1. The Bertz CT molecular complexity index is 260. The lowest BCUT2D eigenvalue weighted by Crippen LogP contribution is -2.25. The van der Waals surface area contributed by atoms with Gasteiger partial charge in [-0.05, 0) is 31.9 Å². The standard InChI is InChI=1S/C10H15N.C4H10.B3/c1-9(2)11(3)10-7-5-4-6-8-10;1-4(2)3;1-3-2/h4-9H,1-3H3;4H,1-3H3;. The van der Waals surface area contributed by atoms with E-state index in [1.807, 2.05) is 6.07 Å². The average molecular weight is 240 g/mol. The van der Waals surface area contributed by atoms with Crippen LogP contribution in [0.3, 0.4) is 0 Å². The zero-order valence-corrected chi connectivity index (χ0v) is 12.7. The summed E-state index contributed by atoms with van der Waals surface area (Å²) in [5, 5.41) is 0. The van der Waals surface area contributed by atoms with Crippen LogP contribution in [0.5, 0.6) is 0 Å². The van der Waals surface area contributed by atoms with Crippen molar-refractivity contribution < 1.29 is 0 Å². The molecule has 0 fully saturated rings. The predicted octanol–water partition coefficient (Wildman–Crippen LogP) is 3.05. The van der Waals surface area contributed by atoms with Gasteiger partial charge < -0.3 is 4.90 Å². The maximum Gasteiger partial charge on any atom is 0.0365 e. The molecule has 0 heterocycles. The van der Waals surface area contributed by atoms with Crippen molar-refractivity contribution in [3.8, 4) is 0 Å². The van der Waals surface area contributed by atoms with Gasteiger partial charge in [-0.2, -0.15) is 0 Å². The highest BCUT2D eigenvalue weighted by Crippen LogP contribution is 2.12. The second kappa shape index (κ2) is 12.7. The highest BCUT2D eigenvalue weighted by Gasteiger charge is 2.01. The molecular formula is C14H25B3N. The van der Waals surface area contributed by atoms with Crippen LogP contribution >= 0.6 is 0 Å². The topological polar surface area (TPSA) is 3.24 Å². The Morgan fingerprint density at radius 2 is 1.28 bits per heavy atom. The van der Waals surface area contributed by atoms with Crippen molar-refractivity contribution in [1.29, 1.82) is 0 Å². The summed E-state index contributed by atoms with van der Waals surface area (Å²) in [6.45, 7) is 10.9. The Hall–Kier alpha value is -0.785. The van der Waals surface area contributed by atoms with Crippen LogP contribution in [0.25, 0.3) is 0 Å². The van der Waals surface area contributed by atoms with Gasteiger partial charge in [-0.3, -0.25) is 0 Å². The van der Waals surface area contributed by atoms with Crippen molar-refractivity contribution in [2.45, 2.75) is 40.7 Å². The molecule has 5 radical (unpaired) electrons. The van der Waals surface area contributed by atoms with Gasteiger partial charge in [-0.25, -0.2) is 0 Å². The fraction of sp³-hybridized carbons (Fsp3) is 0.571. The van der Waals surface area contributed by atoms with Crippen molar-refractivity contribution in [2.75, 3.05) is 11.9 Å². The van der Waals surface area contributed by atoms with Gasteiger partial charge in [0.25, 0.3) is 0 Å². The summed E-state index contributed by atoms with van der Waals surface area (Å²) in [6, 6.07) is 11.0. The van der Waals surface area contributed by atoms with E-state index in [1.54, 1.807) is 0 Å². The van der Waals surface area contributed by atoms with Gasteiger partial charge in [0.05, 0.1) is 0 Å². The smallest absolute Gasteiger partial charge is 0.0365 e. The van der Waals surface area contributed by atoms with Crippen molar-refractivity contribution in [2.24, 2.45) is 5.92 Å². The third-order valence-electron chi connectivity index (χ3n) is 1.94. The lowest BCUT2D eigenvalue weighted by Gasteiger charge is -2.23. The molecular weight excluding hydrogens is 215 g/mol. The van der Waals surface area contributed by atoms with E-state index in [2.05, 4.69) is 86.3 Å². The van der Waals surface area contributed by atoms with Crippen molar-refractivity contribution >= 4 is 28.2 Å². The second-order valence-corrected chi connectivity index (χ2v) is 4.96. The van der Waals surface area contributed by atoms with Gasteiger partial charge in [0.2, 0.25) is 0 Å². The van der Waals surface area contributed by atoms with Gasteiger partial charge in [0.1, 0.15) is 0 Å². The molecule has 0 N–H and O–H groups in total. The molecule has 0 aliphatic heterocycles. The van der Waals surface area contributed by atoms with E-state index in [0.717, 1.165) is 13.0 Å². The minimum absolute atomic E-state index is 0.567. The third kappa shape index (κ3) is 13.3. The number of hydrogen-bond donors (Lipinski definition) is 0. The first-order valence-corrected chi connectivity index (χ1v) is 6.39. The summed E-state index contributed by atoms with van der Waals surface area (Å²) in [4.78, 5) is 2.25. The maximum absolute atomic E-state index is 4.50. The Kier molecular flexibility index (Phi) is 13.8. The largest absolute Gasteiger partial charge is 0.372 e. The predicted molar refractivity (Wildman–Crippen MR) is 87.8 cm³/mol. The molecule has 0 amide bonds. The van der Waals surface area contributed by atoms with Crippen LogP contribution in [-0.2, 0) is 0 Å². The summed E-state index contributed by atoms with van der Waals surface area (Å²) in [7, 11) is 12.1. The van der Waals surface area contributed by atoms with Gasteiger partial charge in [-0.1, -0.05) is 39.0 Å². The van der Waals surface area contributed by atoms with Gasteiger partial charge in [0, 0.05) is 41.3 Å². The Morgan fingerprint density at radius 3 is 1.56 bits per heavy atom. The molecule has 0 spiro atoms. The van der Waals surface area contributed by atoms with Crippen LogP contribution in [0.15, 0.2) is 30.3 Å². The lowest BCUT2D eigenvalue weighted by molar-refractivity contribution is 0.737. The summed E-state index contributed by atoms with van der Waals surface area (Å²) < 4.78 is 0. The Morgan fingerprint density at radius 1 is 0.944 bits per heavy atom. The average Bonchev–Trinajstić information content (AvgIpc) is 2.29. The van der Waals surface area contributed by atoms with Crippen molar-refractivity contribution in [3.05, 3.63) is 30.3 Å². The molecule has 1 aromatic carbocycles. The van der Waals surface area contributed by atoms with E-state index < -0.39 is 0 Å². The van der Waals surface area contributed by atoms with Gasteiger partial charge >= 0.3 is 0 Å². The van der Waals surface area contributed by atoms with Crippen molar-refractivity contribution in [1.82, 2.24) is 0 Å². The Balaban J connectivity index is 0. The summed E-state index contributed by atoms with van der Waals surface area (Å²) in [5.74, 6) is 0.833. The number of benzene rings is 1. The molecule has 4 heteroatoms. The van der Waals surface area contributed by atoms with E-state index in [0.29, 0.717) is 6.04 Å². The van der Waals surface area contributed by atoms with E-state index in [4.69, 9.17) is 0 Å². The molecule has 0 unspecified atom stereocenters. The molecule has 18 heavy (non-hydrogen) atoms.